The van der Waals surface area contributed by atoms with Gasteiger partial charge in [-0.2, -0.15) is 0 Å². The smallest absolute Gasteiger partial charge is 0.176 e. The summed E-state index contributed by atoms with van der Waals surface area (Å²) >= 11 is 0. The summed E-state index contributed by atoms with van der Waals surface area (Å²) in [6.07, 6.45) is 7.30. The fourth-order valence-electron chi connectivity index (χ4n) is 2.62. The number of carbonyl (C=O) groups excluding carboxylic acids is 1. The highest BCUT2D eigenvalue weighted by Crippen LogP contribution is 2.17. The topological polar surface area (TPSA) is 29.1 Å². The second-order valence-electron chi connectivity index (χ2n) is 5.23. The van der Waals surface area contributed by atoms with Gasteiger partial charge in [0.05, 0.1) is 6.54 Å². The van der Waals surface area contributed by atoms with Gasteiger partial charge in [0.25, 0.3) is 0 Å². The zero-order valence-electron chi connectivity index (χ0n) is 11.2. The van der Waals surface area contributed by atoms with Gasteiger partial charge in [-0.15, -0.1) is 0 Å². The molecule has 0 bridgehead atoms. The maximum atomic E-state index is 12.0. The Labute approximate surface area is 110 Å². The molecule has 0 saturated heterocycles. The van der Waals surface area contributed by atoms with E-state index in [0.717, 1.165) is 18.4 Å². The number of rotatable bonds is 6. The maximum Gasteiger partial charge on any atom is 0.176 e. The Kier molecular flexibility index (Phi) is 4.94. The molecule has 2 rings (SSSR count). The van der Waals surface area contributed by atoms with E-state index in [0.29, 0.717) is 12.6 Å². The number of aryl methyl sites for hydroxylation is 1. The van der Waals surface area contributed by atoms with Crippen LogP contribution in [0, 0.1) is 0 Å². The predicted molar refractivity (Wildman–Crippen MR) is 75.0 cm³/mol. The fourth-order valence-corrected chi connectivity index (χ4v) is 2.62. The molecule has 98 valence electrons. The van der Waals surface area contributed by atoms with Crippen LogP contribution in [0.3, 0.4) is 0 Å². The Bertz CT molecular complexity index is 377. The Morgan fingerprint density at radius 1 is 1.22 bits per heavy atom. The highest BCUT2D eigenvalue weighted by Gasteiger charge is 2.15. The second kappa shape index (κ2) is 6.69. The number of ketones is 1. The Morgan fingerprint density at radius 2 is 1.89 bits per heavy atom. The largest absolute Gasteiger partial charge is 0.307 e. The van der Waals surface area contributed by atoms with E-state index < -0.39 is 0 Å². The molecule has 2 heteroatoms. The first-order chi connectivity index (χ1) is 8.79. The van der Waals surface area contributed by atoms with E-state index in [-0.39, 0.29) is 5.78 Å². The highest BCUT2D eigenvalue weighted by atomic mass is 16.1. The zero-order chi connectivity index (χ0) is 12.8. The third-order valence-electron chi connectivity index (χ3n) is 3.72. The average molecular weight is 245 g/mol. The third kappa shape index (κ3) is 3.67. The van der Waals surface area contributed by atoms with Crippen LogP contribution in [0.5, 0.6) is 0 Å². The van der Waals surface area contributed by atoms with Crippen molar-refractivity contribution in [3.63, 3.8) is 0 Å². The van der Waals surface area contributed by atoms with Gasteiger partial charge in [0.1, 0.15) is 0 Å². The number of carbonyl (C=O) groups is 1. The lowest BCUT2D eigenvalue weighted by Gasteiger charge is -2.11. The molecule has 1 aliphatic carbocycles. The Balaban J connectivity index is 1.83. The molecule has 1 fully saturated rings. The molecule has 1 aromatic rings. The summed E-state index contributed by atoms with van der Waals surface area (Å²) in [6.45, 7) is 2.66. The van der Waals surface area contributed by atoms with Crippen molar-refractivity contribution in [2.75, 3.05) is 6.54 Å². The van der Waals surface area contributed by atoms with Gasteiger partial charge >= 0.3 is 0 Å². The first kappa shape index (κ1) is 13.3. The number of hydrogen-bond acceptors (Lipinski definition) is 2. The van der Waals surface area contributed by atoms with Crippen molar-refractivity contribution in [1.82, 2.24) is 5.32 Å². The molecule has 0 atom stereocenters. The number of nitrogens with one attached hydrogen (secondary N) is 1. The van der Waals surface area contributed by atoms with Crippen LogP contribution >= 0.6 is 0 Å². The van der Waals surface area contributed by atoms with Gasteiger partial charge in [0.2, 0.25) is 0 Å². The third-order valence-corrected chi connectivity index (χ3v) is 3.72. The minimum absolute atomic E-state index is 0.213. The van der Waals surface area contributed by atoms with Crippen molar-refractivity contribution in [2.24, 2.45) is 0 Å². The predicted octanol–water partition coefficient (Wildman–Crippen LogP) is 3.35. The number of Topliss-reactive ketones (excluding diaryl/α,β-unsaturated/α-hetero) is 1. The lowest BCUT2D eigenvalue weighted by Crippen LogP contribution is -2.31. The Hall–Kier alpha value is -1.15. The summed E-state index contributed by atoms with van der Waals surface area (Å²) in [5.74, 6) is 0.213. The fraction of sp³-hybridized carbons (Fsp3) is 0.562. The first-order valence-electron chi connectivity index (χ1n) is 7.15. The maximum absolute atomic E-state index is 12.0. The molecule has 18 heavy (non-hydrogen) atoms. The van der Waals surface area contributed by atoms with Crippen LogP contribution in [0.25, 0.3) is 0 Å². The van der Waals surface area contributed by atoms with Gasteiger partial charge < -0.3 is 5.32 Å². The SMILES string of the molecule is CCCc1ccc(C(=O)CNC2CCCC2)cc1. The number of benzene rings is 1. The van der Waals surface area contributed by atoms with Crippen LogP contribution in [0.2, 0.25) is 0 Å². The minimum Gasteiger partial charge on any atom is -0.307 e. The van der Waals surface area contributed by atoms with Gasteiger partial charge in [0.15, 0.2) is 5.78 Å². The molecule has 1 N–H and O–H groups in total. The van der Waals surface area contributed by atoms with Crippen molar-refractivity contribution < 1.29 is 4.79 Å². The Morgan fingerprint density at radius 3 is 2.50 bits per heavy atom. The summed E-state index contributed by atoms with van der Waals surface area (Å²) in [5.41, 5.74) is 2.15. The minimum atomic E-state index is 0.213. The van der Waals surface area contributed by atoms with Crippen molar-refractivity contribution >= 4 is 5.78 Å². The molecule has 2 nitrogen and oxygen atoms in total. The molecule has 0 unspecified atom stereocenters. The molecule has 1 saturated carbocycles. The van der Waals surface area contributed by atoms with Crippen LogP contribution in [0.1, 0.15) is 54.9 Å². The molecule has 0 radical (unpaired) electrons. The van der Waals surface area contributed by atoms with E-state index in [1.54, 1.807) is 0 Å². The van der Waals surface area contributed by atoms with Gasteiger partial charge in [-0.25, -0.2) is 0 Å². The van der Waals surface area contributed by atoms with Crippen molar-refractivity contribution in [2.45, 2.75) is 51.5 Å². The summed E-state index contributed by atoms with van der Waals surface area (Å²) in [5, 5.41) is 3.37. The molecular weight excluding hydrogens is 222 g/mol. The summed E-state index contributed by atoms with van der Waals surface area (Å²) in [7, 11) is 0. The van der Waals surface area contributed by atoms with Gasteiger partial charge in [-0.05, 0) is 24.8 Å². The van der Waals surface area contributed by atoms with Crippen molar-refractivity contribution in [1.29, 1.82) is 0 Å². The van der Waals surface area contributed by atoms with Gasteiger partial charge in [0, 0.05) is 11.6 Å². The molecule has 0 spiro atoms. The quantitative estimate of drug-likeness (QED) is 0.779. The summed E-state index contributed by atoms with van der Waals surface area (Å²) in [6, 6.07) is 8.64. The lowest BCUT2D eigenvalue weighted by atomic mass is 10.1. The molecule has 1 aromatic carbocycles. The van der Waals surface area contributed by atoms with Crippen molar-refractivity contribution in [3.8, 4) is 0 Å². The van der Waals surface area contributed by atoms with Gasteiger partial charge in [-0.3, -0.25) is 4.79 Å². The number of hydrogen-bond donors (Lipinski definition) is 1. The molecule has 1 aliphatic rings. The van der Waals surface area contributed by atoms with E-state index in [4.69, 9.17) is 0 Å². The molecule has 0 aliphatic heterocycles. The van der Waals surface area contributed by atoms with Crippen LogP contribution in [-0.4, -0.2) is 18.4 Å². The highest BCUT2D eigenvalue weighted by molar-refractivity contribution is 5.97. The van der Waals surface area contributed by atoms with E-state index >= 15 is 0 Å². The lowest BCUT2D eigenvalue weighted by molar-refractivity contribution is 0.0987. The van der Waals surface area contributed by atoms with Crippen LogP contribution in [-0.2, 0) is 6.42 Å². The summed E-state index contributed by atoms with van der Waals surface area (Å²) < 4.78 is 0. The molecule has 0 amide bonds. The van der Waals surface area contributed by atoms with E-state index in [1.165, 1.54) is 31.2 Å². The normalized spacial score (nSPS) is 16.1. The van der Waals surface area contributed by atoms with E-state index in [2.05, 4.69) is 24.4 Å². The van der Waals surface area contributed by atoms with E-state index in [1.807, 2.05) is 12.1 Å². The second-order valence-corrected chi connectivity index (χ2v) is 5.23. The standard InChI is InChI=1S/C16H23NO/c1-2-5-13-8-10-14(11-9-13)16(18)12-17-15-6-3-4-7-15/h8-11,15,17H,2-7,12H2,1H3. The monoisotopic (exact) mass is 245 g/mol. The van der Waals surface area contributed by atoms with E-state index in [9.17, 15) is 4.79 Å². The summed E-state index contributed by atoms with van der Waals surface area (Å²) in [4.78, 5) is 12.0. The zero-order valence-corrected chi connectivity index (χ0v) is 11.2. The van der Waals surface area contributed by atoms with Crippen LogP contribution in [0.15, 0.2) is 24.3 Å². The average Bonchev–Trinajstić information content (AvgIpc) is 2.90. The molecule has 0 heterocycles. The molecular formula is C16H23NO. The van der Waals surface area contributed by atoms with Gasteiger partial charge in [-0.1, -0.05) is 50.5 Å². The van der Waals surface area contributed by atoms with Crippen molar-refractivity contribution in [3.05, 3.63) is 35.4 Å². The first-order valence-corrected chi connectivity index (χ1v) is 7.15. The molecule has 0 aromatic heterocycles. The van der Waals surface area contributed by atoms with Crippen LogP contribution in [0.4, 0.5) is 0 Å². The van der Waals surface area contributed by atoms with Crippen LogP contribution < -0.4 is 5.32 Å².